The highest BCUT2D eigenvalue weighted by molar-refractivity contribution is 6.34. The lowest BCUT2D eigenvalue weighted by atomic mass is 9.92. The van der Waals surface area contributed by atoms with E-state index < -0.39 is 11.5 Å². The standard InChI is InChI=1S/C28H27Cl2N7O3/c29-18-3-1-2-15(10-18)13-32-25(38)16-4-9-22(30)23(12-16)35-26(39)21-11-17-14-33-28(37-24(17)36-27(21)40)34-20-7-5-19(31)6-8-20/h1-4,9-12,14,19-20H,5-8,13,31H2,(H,32,38)(H,35,39)(H2,33,34,36,37,40)/t19-,20+. The quantitative estimate of drug-likeness (QED) is 0.216. The predicted octanol–water partition coefficient (Wildman–Crippen LogP) is 4.49. The number of carbonyl (C=O) groups is 2. The molecular formula is C28H27Cl2N7O3. The molecule has 0 saturated heterocycles. The molecule has 0 unspecified atom stereocenters. The van der Waals surface area contributed by atoms with E-state index in [0.29, 0.717) is 22.0 Å². The van der Waals surface area contributed by atoms with Crippen molar-refractivity contribution in [3.63, 3.8) is 0 Å². The number of nitrogens with zero attached hydrogens (tertiary/aromatic N) is 2. The lowest BCUT2D eigenvalue weighted by Crippen LogP contribution is -2.33. The number of aromatic amines is 1. The van der Waals surface area contributed by atoms with Gasteiger partial charge in [-0.1, -0.05) is 35.3 Å². The molecule has 2 heterocycles. The molecule has 40 heavy (non-hydrogen) atoms. The first-order valence-corrected chi connectivity index (χ1v) is 13.6. The maximum atomic E-state index is 13.0. The Morgan fingerprint density at radius 2 is 1.82 bits per heavy atom. The summed E-state index contributed by atoms with van der Waals surface area (Å²) in [4.78, 5) is 50.0. The smallest absolute Gasteiger partial charge is 0.262 e. The Morgan fingerprint density at radius 1 is 1.02 bits per heavy atom. The van der Waals surface area contributed by atoms with E-state index in [1.54, 1.807) is 30.5 Å². The Morgan fingerprint density at radius 3 is 2.60 bits per heavy atom. The molecule has 0 atom stereocenters. The molecule has 2 amide bonds. The minimum absolute atomic E-state index is 0.148. The average Bonchev–Trinajstić information content (AvgIpc) is 2.93. The molecule has 10 nitrogen and oxygen atoms in total. The third-order valence-corrected chi connectivity index (χ3v) is 7.33. The van der Waals surface area contributed by atoms with Crippen LogP contribution in [0.5, 0.6) is 0 Å². The van der Waals surface area contributed by atoms with E-state index in [1.165, 1.54) is 18.2 Å². The van der Waals surface area contributed by atoms with E-state index >= 15 is 0 Å². The zero-order valence-electron chi connectivity index (χ0n) is 21.3. The van der Waals surface area contributed by atoms with Crippen LogP contribution in [0.4, 0.5) is 11.6 Å². The third-order valence-electron chi connectivity index (χ3n) is 6.76. The van der Waals surface area contributed by atoms with Crippen LogP contribution in [0.1, 0.15) is 52.0 Å². The number of nitrogens with one attached hydrogen (secondary N) is 4. The number of fused-ring (bicyclic) bond motifs is 1. The van der Waals surface area contributed by atoms with Crippen LogP contribution in [0.15, 0.2) is 59.5 Å². The van der Waals surface area contributed by atoms with Gasteiger partial charge in [0.25, 0.3) is 17.4 Å². The summed E-state index contributed by atoms with van der Waals surface area (Å²) in [5.74, 6) is -0.659. The first kappa shape index (κ1) is 27.6. The number of hydrogen-bond donors (Lipinski definition) is 5. The second-order valence-electron chi connectivity index (χ2n) is 9.73. The Balaban J connectivity index is 1.28. The van der Waals surface area contributed by atoms with Gasteiger partial charge >= 0.3 is 0 Å². The zero-order valence-corrected chi connectivity index (χ0v) is 22.9. The molecular weight excluding hydrogens is 553 g/mol. The van der Waals surface area contributed by atoms with Crippen molar-refractivity contribution in [3.05, 3.63) is 91.8 Å². The first-order valence-electron chi connectivity index (χ1n) is 12.8. The minimum Gasteiger partial charge on any atom is -0.351 e. The van der Waals surface area contributed by atoms with E-state index in [0.717, 1.165) is 31.2 Å². The van der Waals surface area contributed by atoms with Gasteiger partial charge in [0, 0.05) is 40.8 Å². The molecule has 2 aromatic carbocycles. The Labute approximate surface area is 239 Å². The third kappa shape index (κ3) is 6.59. The molecule has 2 aromatic heterocycles. The Kier molecular flexibility index (Phi) is 8.29. The Bertz CT molecular complexity index is 1630. The number of carbonyl (C=O) groups excluding carboxylic acids is 2. The number of aromatic nitrogens is 3. The minimum atomic E-state index is -0.692. The summed E-state index contributed by atoms with van der Waals surface area (Å²) in [5.41, 5.74) is 6.82. The fourth-order valence-corrected chi connectivity index (χ4v) is 4.94. The molecule has 0 radical (unpaired) electrons. The molecule has 4 aromatic rings. The fourth-order valence-electron chi connectivity index (χ4n) is 4.56. The molecule has 1 aliphatic rings. The van der Waals surface area contributed by atoms with E-state index in [-0.39, 0.29) is 46.4 Å². The molecule has 1 fully saturated rings. The summed E-state index contributed by atoms with van der Waals surface area (Å²) in [6, 6.07) is 13.5. The number of anilines is 2. The lowest BCUT2D eigenvalue weighted by Gasteiger charge is -2.26. The molecule has 0 bridgehead atoms. The zero-order chi connectivity index (χ0) is 28.2. The van der Waals surface area contributed by atoms with Crippen molar-refractivity contribution in [1.29, 1.82) is 0 Å². The highest BCUT2D eigenvalue weighted by Gasteiger charge is 2.20. The van der Waals surface area contributed by atoms with Crippen molar-refractivity contribution in [3.8, 4) is 0 Å². The van der Waals surface area contributed by atoms with Gasteiger partial charge in [0.1, 0.15) is 11.2 Å². The van der Waals surface area contributed by atoms with E-state index in [9.17, 15) is 14.4 Å². The predicted molar refractivity (Wildman–Crippen MR) is 156 cm³/mol. The van der Waals surface area contributed by atoms with Crippen molar-refractivity contribution in [1.82, 2.24) is 20.3 Å². The molecule has 1 aliphatic carbocycles. The van der Waals surface area contributed by atoms with E-state index in [4.69, 9.17) is 28.9 Å². The highest BCUT2D eigenvalue weighted by Crippen LogP contribution is 2.24. The maximum absolute atomic E-state index is 13.0. The average molecular weight is 580 g/mol. The van der Waals surface area contributed by atoms with Crippen LogP contribution in [0.2, 0.25) is 10.0 Å². The van der Waals surface area contributed by atoms with Gasteiger partial charge < -0.3 is 26.7 Å². The molecule has 0 spiro atoms. The van der Waals surface area contributed by atoms with E-state index in [1.807, 2.05) is 6.07 Å². The van der Waals surface area contributed by atoms with Gasteiger partial charge in [-0.05, 0) is 67.6 Å². The fraction of sp³-hybridized carbons (Fsp3) is 0.250. The second-order valence-corrected chi connectivity index (χ2v) is 10.6. The van der Waals surface area contributed by atoms with Gasteiger partial charge in [0.05, 0.1) is 10.7 Å². The number of benzene rings is 2. The number of halogens is 2. The van der Waals surface area contributed by atoms with Crippen LogP contribution < -0.4 is 27.2 Å². The van der Waals surface area contributed by atoms with Crippen LogP contribution in [0.3, 0.4) is 0 Å². The molecule has 5 rings (SSSR count). The van der Waals surface area contributed by atoms with Gasteiger partial charge in [-0.25, -0.2) is 4.98 Å². The molecule has 6 N–H and O–H groups in total. The maximum Gasteiger partial charge on any atom is 0.262 e. The number of H-pyrrole nitrogens is 1. The summed E-state index contributed by atoms with van der Waals surface area (Å²) in [6.07, 6.45) is 5.25. The van der Waals surface area contributed by atoms with Crippen molar-refractivity contribution in [2.45, 2.75) is 44.3 Å². The van der Waals surface area contributed by atoms with E-state index in [2.05, 4.69) is 30.9 Å². The van der Waals surface area contributed by atoms with Crippen molar-refractivity contribution in [2.24, 2.45) is 5.73 Å². The first-order chi connectivity index (χ1) is 19.2. The number of hydrogen-bond acceptors (Lipinski definition) is 7. The van der Waals surface area contributed by atoms with Gasteiger partial charge in [0.15, 0.2) is 0 Å². The van der Waals surface area contributed by atoms with Gasteiger partial charge in [-0.3, -0.25) is 14.4 Å². The Hall–Kier alpha value is -3.99. The summed E-state index contributed by atoms with van der Waals surface area (Å²) >= 11 is 12.3. The number of pyridine rings is 1. The number of amides is 2. The summed E-state index contributed by atoms with van der Waals surface area (Å²) in [6.45, 7) is 0.268. The van der Waals surface area contributed by atoms with Crippen LogP contribution >= 0.6 is 23.2 Å². The molecule has 0 aliphatic heterocycles. The summed E-state index contributed by atoms with van der Waals surface area (Å²) < 4.78 is 0. The van der Waals surface area contributed by atoms with Crippen LogP contribution in [0, 0.1) is 0 Å². The SMILES string of the molecule is N[C@H]1CC[C@@H](Nc2ncc3cc(C(=O)Nc4cc(C(=O)NCc5cccc(Cl)c5)ccc4Cl)c(=O)[nH]c3n2)CC1. The number of rotatable bonds is 7. The second kappa shape index (κ2) is 12.0. The van der Waals surface area contributed by atoms with Crippen molar-refractivity contribution in [2.75, 3.05) is 10.6 Å². The van der Waals surface area contributed by atoms with Gasteiger partial charge in [-0.2, -0.15) is 4.98 Å². The van der Waals surface area contributed by atoms with Crippen LogP contribution in [0.25, 0.3) is 11.0 Å². The molecule has 206 valence electrons. The highest BCUT2D eigenvalue weighted by atomic mass is 35.5. The van der Waals surface area contributed by atoms with Crippen LogP contribution in [-0.2, 0) is 6.54 Å². The topological polar surface area (TPSA) is 155 Å². The normalized spacial score (nSPS) is 16.9. The van der Waals surface area contributed by atoms with Gasteiger partial charge in [-0.15, -0.1) is 0 Å². The summed E-state index contributed by atoms with van der Waals surface area (Å²) in [7, 11) is 0. The monoisotopic (exact) mass is 579 g/mol. The molecule has 1 saturated carbocycles. The number of nitrogens with two attached hydrogens (primary N) is 1. The molecule has 12 heteroatoms. The summed E-state index contributed by atoms with van der Waals surface area (Å²) in [5, 5.41) is 9.99. The van der Waals surface area contributed by atoms with Crippen LogP contribution in [-0.4, -0.2) is 38.8 Å². The lowest BCUT2D eigenvalue weighted by molar-refractivity contribution is 0.0949. The van der Waals surface area contributed by atoms with Gasteiger partial charge in [0.2, 0.25) is 5.95 Å². The largest absolute Gasteiger partial charge is 0.351 e. The van der Waals surface area contributed by atoms with Crippen molar-refractivity contribution < 1.29 is 9.59 Å². The van der Waals surface area contributed by atoms with Crippen molar-refractivity contribution >= 4 is 57.7 Å².